The highest BCUT2D eigenvalue weighted by atomic mass is 31.2. The van der Waals surface area contributed by atoms with E-state index in [1.807, 2.05) is 60.7 Å². The first kappa shape index (κ1) is 19.3. The zero-order valence-electron chi connectivity index (χ0n) is 14.7. The summed E-state index contributed by atoms with van der Waals surface area (Å²) in [4.78, 5) is 0. The summed E-state index contributed by atoms with van der Waals surface area (Å²) in [5, 5.41) is 9.14. The minimum absolute atomic E-state index is 0.0764. The van der Waals surface area contributed by atoms with Crippen LogP contribution in [0.1, 0.15) is 16.7 Å². The average molecular weight is 384 g/mol. The Morgan fingerprint density at radius 3 is 1.59 bits per heavy atom. The Bertz CT molecular complexity index is 819. The van der Waals surface area contributed by atoms with Gasteiger partial charge < -0.3 is 9.63 Å². The SMILES string of the molecule is O=P(OCc1ccccc1)(OCc1ccccc1)Oc1ccc(CO)cc1. The van der Waals surface area contributed by atoms with Crippen LogP contribution in [0, 0.1) is 0 Å². The van der Waals surface area contributed by atoms with Gasteiger partial charge >= 0.3 is 7.82 Å². The minimum Gasteiger partial charge on any atom is -0.404 e. The summed E-state index contributed by atoms with van der Waals surface area (Å²) in [6, 6.07) is 25.4. The van der Waals surface area contributed by atoms with Crippen molar-refractivity contribution in [3.05, 3.63) is 102 Å². The molecule has 27 heavy (non-hydrogen) atoms. The van der Waals surface area contributed by atoms with Crippen LogP contribution in [-0.4, -0.2) is 5.11 Å². The second-order valence-corrected chi connectivity index (χ2v) is 7.45. The van der Waals surface area contributed by atoms with Crippen LogP contribution in [0.2, 0.25) is 0 Å². The van der Waals surface area contributed by atoms with Crippen molar-refractivity contribution >= 4 is 7.82 Å². The van der Waals surface area contributed by atoms with Gasteiger partial charge in [0.2, 0.25) is 0 Å². The van der Waals surface area contributed by atoms with Crippen molar-refractivity contribution in [1.29, 1.82) is 0 Å². The third-order valence-electron chi connectivity index (χ3n) is 3.79. The van der Waals surface area contributed by atoms with Crippen LogP contribution < -0.4 is 4.52 Å². The number of hydrogen-bond acceptors (Lipinski definition) is 5. The molecule has 5 nitrogen and oxygen atoms in total. The molecule has 0 atom stereocenters. The largest absolute Gasteiger partial charge is 0.530 e. The van der Waals surface area contributed by atoms with Crippen LogP contribution >= 0.6 is 7.82 Å². The summed E-state index contributed by atoms with van der Waals surface area (Å²) in [5.74, 6) is 0.344. The molecule has 0 saturated carbocycles. The predicted molar refractivity (Wildman–Crippen MR) is 103 cm³/mol. The molecule has 0 aliphatic rings. The molecular formula is C21H21O5P. The lowest BCUT2D eigenvalue weighted by molar-refractivity contribution is 0.143. The van der Waals surface area contributed by atoms with E-state index in [1.54, 1.807) is 24.3 Å². The van der Waals surface area contributed by atoms with E-state index >= 15 is 0 Å². The summed E-state index contributed by atoms with van der Waals surface area (Å²) in [7, 11) is -3.86. The molecule has 0 aromatic heterocycles. The molecule has 0 radical (unpaired) electrons. The van der Waals surface area contributed by atoms with Gasteiger partial charge in [-0.25, -0.2) is 4.57 Å². The second kappa shape index (κ2) is 9.49. The molecule has 0 aliphatic heterocycles. The molecule has 0 saturated heterocycles. The van der Waals surface area contributed by atoms with Crippen molar-refractivity contribution in [2.45, 2.75) is 19.8 Å². The van der Waals surface area contributed by atoms with Crippen LogP contribution in [0.25, 0.3) is 0 Å². The van der Waals surface area contributed by atoms with Gasteiger partial charge in [0, 0.05) is 0 Å². The average Bonchev–Trinajstić information content (AvgIpc) is 2.73. The molecule has 140 valence electrons. The van der Waals surface area contributed by atoms with E-state index in [0.717, 1.165) is 16.7 Å². The number of aliphatic hydroxyl groups excluding tert-OH is 1. The van der Waals surface area contributed by atoms with Crippen molar-refractivity contribution in [3.8, 4) is 5.75 Å². The molecule has 0 aliphatic carbocycles. The van der Waals surface area contributed by atoms with Crippen LogP contribution in [0.15, 0.2) is 84.9 Å². The molecular weight excluding hydrogens is 363 g/mol. The number of benzene rings is 3. The maximum atomic E-state index is 13.2. The van der Waals surface area contributed by atoms with Crippen LogP contribution in [-0.2, 0) is 33.4 Å². The van der Waals surface area contributed by atoms with E-state index in [0.29, 0.717) is 5.75 Å². The summed E-state index contributed by atoms with van der Waals surface area (Å²) < 4.78 is 29.9. The molecule has 6 heteroatoms. The molecule has 3 rings (SSSR count). The Morgan fingerprint density at radius 1 is 0.667 bits per heavy atom. The fraction of sp³-hybridized carbons (Fsp3) is 0.143. The molecule has 0 spiro atoms. The molecule has 0 unspecified atom stereocenters. The monoisotopic (exact) mass is 384 g/mol. The maximum Gasteiger partial charge on any atom is 0.530 e. The van der Waals surface area contributed by atoms with E-state index in [9.17, 15) is 4.57 Å². The van der Waals surface area contributed by atoms with Crippen molar-refractivity contribution in [3.63, 3.8) is 0 Å². The van der Waals surface area contributed by atoms with Crippen molar-refractivity contribution in [2.24, 2.45) is 0 Å². The van der Waals surface area contributed by atoms with Crippen molar-refractivity contribution < 1.29 is 23.2 Å². The van der Waals surface area contributed by atoms with E-state index < -0.39 is 7.82 Å². The third kappa shape index (κ3) is 6.05. The Kier molecular flexibility index (Phi) is 6.80. The highest BCUT2D eigenvalue weighted by Crippen LogP contribution is 2.50. The first-order valence-electron chi connectivity index (χ1n) is 8.53. The fourth-order valence-electron chi connectivity index (χ4n) is 2.33. The molecule has 0 heterocycles. The molecule has 3 aromatic carbocycles. The molecule has 0 amide bonds. The number of rotatable bonds is 9. The van der Waals surface area contributed by atoms with Crippen LogP contribution in [0.4, 0.5) is 0 Å². The Labute approximate surface area is 158 Å². The third-order valence-corrected chi connectivity index (χ3v) is 5.11. The standard InChI is InChI=1S/C21H21O5P/c22-15-18-11-13-21(14-12-18)26-27(23,24-16-19-7-3-1-4-8-19)25-17-20-9-5-2-6-10-20/h1-14,22H,15-17H2. The van der Waals surface area contributed by atoms with Gasteiger partial charge in [-0.1, -0.05) is 72.8 Å². The Hall–Kier alpha value is -2.43. The molecule has 0 fully saturated rings. The number of phosphoric ester groups is 1. The number of phosphoric acid groups is 1. The minimum atomic E-state index is -3.86. The van der Waals surface area contributed by atoms with Crippen LogP contribution in [0.3, 0.4) is 0 Å². The van der Waals surface area contributed by atoms with Crippen LogP contribution in [0.5, 0.6) is 5.75 Å². The first-order valence-corrected chi connectivity index (χ1v) is 9.99. The summed E-state index contributed by atoms with van der Waals surface area (Å²) in [6.45, 7) is 0.121. The summed E-state index contributed by atoms with van der Waals surface area (Å²) in [5.41, 5.74) is 2.45. The van der Waals surface area contributed by atoms with Gasteiger partial charge in [-0.15, -0.1) is 0 Å². The van der Waals surface area contributed by atoms with Gasteiger partial charge in [0.05, 0.1) is 19.8 Å². The Balaban J connectivity index is 1.72. The van der Waals surface area contributed by atoms with Gasteiger partial charge in [-0.3, -0.25) is 9.05 Å². The smallest absolute Gasteiger partial charge is 0.404 e. The zero-order chi connectivity index (χ0) is 19.0. The lowest BCUT2D eigenvalue weighted by atomic mass is 10.2. The van der Waals surface area contributed by atoms with E-state index in [1.165, 1.54) is 0 Å². The lowest BCUT2D eigenvalue weighted by Crippen LogP contribution is -2.03. The predicted octanol–water partition coefficient (Wildman–Crippen LogP) is 5.10. The first-order chi connectivity index (χ1) is 13.2. The van der Waals surface area contributed by atoms with Crippen molar-refractivity contribution in [1.82, 2.24) is 0 Å². The molecule has 3 aromatic rings. The van der Waals surface area contributed by atoms with Crippen molar-refractivity contribution in [2.75, 3.05) is 0 Å². The normalized spacial score (nSPS) is 11.3. The van der Waals surface area contributed by atoms with Gasteiger partial charge in [0.25, 0.3) is 0 Å². The fourth-order valence-corrected chi connectivity index (χ4v) is 3.50. The van der Waals surface area contributed by atoms with Gasteiger partial charge in [0.1, 0.15) is 5.75 Å². The Morgan fingerprint density at radius 2 is 1.15 bits per heavy atom. The molecule has 0 bridgehead atoms. The quantitative estimate of drug-likeness (QED) is 0.520. The topological polar surface area (TPSA) is 65.0 Å². The molecule has 1 N–H and O–H groups in total. The van der Waals surface area contributed by atoms with Gasteiger partial charge in [0.15, 0.2) is 0 Å². The highest BCUT2D eigenvalue weighted by Gasteiger charge is 2.29. The maximum absolute atomic E-state index is 13.2. The van der Waals surface area contributed by atoms with Gasteiger partial charge in [-0.2, -0.15) is 0 Å². The lowest BCUT2D eigenvalue weighted by Gasteiger charge is -2.19. The number of aliphatic hydroxyl groups is 1. The van der Waals surface area contributed by atoms with E-state index in [-0.39, 0.29) is 19.8 Å². The highest BCUT2D eigenvalue weighted by molar-refractivity contribution is 7.48. The number of hydrogen-bond donors (Lipinski definition) is 1. The zero-order valence-corrected chi connectivity index (χ0v) is 15.6. The summed E-state index contributed by atoms with van der Waals surface area (Å²) >= 11 is 0. The van der Waals surface area contributed by atoms with E-state index in [4.69, 9.17) is 18.7 Å². The summed E-state index contributed by atoms with van der Waals surface area (Å²) in [6.07, 6.45) is 0. The van der Waals surface area contributed by atoms with Gasteiger partial charge in [-0.05, 0) is 28.8 Å². The second-order valence-electron chi connectivity index (χ2n) is 5.86. The van der Waals surface area contributed by atoms with E-state index in [2.05, 4.69) is 0 Å².